The van der Waals surface area contributed by atoms with Crippen LogP contribution in [-0.2, 0) is 4.74 Å². The maximum absolute atomic E-state index is 5.60. The summed E-state index contributed by atoms with van der Waals surface area (Å²) in [5.74, 6) is 6.61. The number of aromatic nitrogens is 2. The molecule has 0 aromatic carbocycles. The lowest BCUT2D eigenvalue weighted by atomic mass is 10.1. The highest BCUT2D eigenvalue weighted by Crippen LogP contribution is 2.19. The molecule has 94 valence electrons. The van der Waals surface area contributed by atoms with Gasteiger partial charge in [-0.3, -0.25) is 0 Å². The molecule has 1 aliphatic heterocycles. The standard InChI is InChI=1S/C10H18N6O/c1-6(7-3-2-4-17-7)13-8-5-9(16-12)15-10(11)14-8/h5-7H,2-4,12H2,1H3,(H4,11,13,14,15,16). The van der Waals surface area contributed by atoms with Crippen LogP contribution < -0.4 is 22.3 Å². The van der Waals surface area contributed by atoms with Gasteiger partial charge in [-0.15, -0.1) is 0 Å². The lowest BCUT2D eigenvalue weighted by molar-refractivity contribution is 0.0995. The predicted molar refractivity (Wildman–Crippen MR) is 66.3 cm³/mol. The highest BCUT2D eigenvalue weighted by Gasteiger charge is 2.22. The minimum absolute atomic E-state index is 0.178. The van der Waals surface area contributed by atoms with E-state index in [0.29, 0.717) is 11.6 Å². The van der Waals surface area contributed by atoms with Crippen LogP contribution in [0.5, 0.6) is 0 Å². The number of nitrogen functional groups attached to an aromatic ring is 2. The van der Waals surface area contributed by atoms with E-state index in [1.807, 2.05) is 0 Å². The molecule has 2 rings (SSSR count). The third-order valence-electron chi connectivity index (χ3n) is 2.79. The van der Waals surface area contributed by atoms with Gasteiger partial charge >= 0.3 is 0 Å². The second kappa shape index (κ2) is 5.15. The Hall–Kier alpha value is -1.60. The number of ether oxygens (including phenoxy) is 1. The SMILES string of the molecule is CC(Nc1cc(NN)nc(N)n1)C1CCCO1. The summed E-state index contributed by atoms with van der Waals surface area (Å²) in [4.78, 5) is 8.01. The van der Waals surface area contributed by atoms with Gasteiger partial charge in [0.15, 0.2) is 0 Å². The fourth-order valence-corrected chi connectivity index (χ4v) is 1.94. The van der Waals surface area contributed by atoms with Crippen molar-refractivity contribution in [2.45, 2.75) is 31.9 Å². The lowest BCUT2D eigenvalue weighted by Gasteiger charge is -2.20. The van der Waals surface area contributed by atoms with Gasteiger partial charge in [0, 0.05) is 12.7 Å². The zero-order chi connectivity index (χ0) is 12.3. The summed E-state index contributed by atoms with van der Waals surface area (Å²) in [6.07, 6.45) is 2.40. The van der Waals surface area contributed by atoms with Crippen LogP contribution >= 0.6 is 0 Å². The van der Waals surface area contributed by atoms with E-state index >= 15 is 0 Å². The monoisotopic (exact) mass is 238 g/mol. The Morgan fingerprint density at radius 2 is 2.24 bits per heavy atom. The highest BCUT2D eigenvalue weighted by molar-refractivity contribution is 5.50. The van der Waals surface area contributed by atoms with Crippen molar-refractivity contribution in [2.24, 2.45) is 5.84 Å². The van der Waals surface area contributed by atoms with Gasteiger partial charge in [0.05, 0.1) is 12.1 Å². The van der Waals surface area contributed by atoms with E-state index in [2.05, 4.69) is 27.6 Å². The molecule has 7 nitrogen and oxygen atoms in total. The topological polar surface area (TPSA) is 111 Å². The van der Waals surface area contributed by atoms with Gasteiger partial charge in [-0.05, 0) is 19.8 Å². The molecule has 1 fully saturated rings. The van der Waals surface area contributed by atoms with Gasteiger partial charge < -0.3 is 21.2 Å². The Morgan fingerprint density at radius 3 is 2.88 bits per heavy atom. The minimum atomic E-state index is 0.178. The Balaban J connectivity index is 2.04. The molecule has 1 aliphatic rings. The van der Waals surface area contributed by atoms with Crippen LogP contribution in [0, 0.1) is 0 Å². The Labute approximate surface area is 99.9 Å². The summed E-state index contributed by atoms with van der Waals surface area (Å²) in [7, 11) is 0. The van der Waals surface area contributed by atoms with E-state index in [9.17, 15) is 0 Å². The second-order valence-electron chi connectivity index (χ2n) is 4.13. The molecule has 0 amide bonds. The van der Waals surface area contributed by atoms with Gasteiger partial charge in [-0.1, -0.05) is 0 Å². The van der Waals surface area contributed by atoms with Gasteiger partial charge in [-0.25, -0.2) is 5.84 Å². The number of hydrazine groups is 1. The maximum atomic E-state index is 5.60. The van der Waals surface area contributed by atoms with E-state index in [4.69, 9.17) is 16.3 Å². The predicted octanol–water partition coefficient (Wildman–Crippen LogP) is 0.324. The van der Waals surface area contributed by atoms with Crippen LogP contribution in [0.25, 0.3) is 0 Å². The fraction of sp³-hybridized carbons (Fsp3) is 0.600. The maximum Gasteiger partial charge on any atom is 0.223 e. The first-order chi connectivity index (χ1) is 8.19. The summed E-state index contributed by atoms with van der Waals surface area (Å²) >= 11 is 0. The highest BCUT2D eigenvalue weighted by atomic mass is 16.5. The van der Waals surface area contributed by atoms with Crippen LogP contribution in [0.3, 0.4) is 0 Å². The van der Waals surface area contributed by atoms with Crippen molar-refractivity contribution in [3.05, 3.63) is 6.07 Å². The summed E-state index contributed by atoms with van der Waals surface area (Å²) in [6, 6.07) is 1.89. The number of anilines is 3. The van der Waals surface area contributed by atoms with Crippen molar-refractivity contribution < 1.29 is 4.74 Å². The zero-order valence-corrected chi connectivity index (χ0v) is 9.81. The van der Waals surface area contributed by atoms with Crippen molar-refractivity contribution in [1.82, 2.24) is 9.97 Å². The van der Waals surface area contributed by atoms with Gasteiger partial charge in [-0.2, -0.15) is 9.97 Å². The average molecular weight is 238 g/mol. The Bertz CT molecular complexity index is 379. The summed E-state index contributed by atoms with van der Waals surface area (Å²) in [5, 5.41) is 3.25. The molecule has 1 aromatic rings. The lowest BCUT2D eigenvalue weighted by Crippen LogP contribution is -2.30. The first-order valence-electron chi connectivity index (χ1n) is 5.68. The molecule has 2 atom stereocenters. The molecule has 0 spiro atoms. The van der Waals surface area contributed by atoms with Crippen LogP contribution in [0.2, 0.25) is 0 Å². The number of nitrogens with one attached hydrogen (secondary N) is 2. The minimum Gasteiger partial charge on any atom is -0.376 e. The Morgan fingerprint density at radius 1 is 1.47 bits per heavy atom. The number of hydrogen-bond acceptors (Lipinski definition) is 7. The summed E-state index contributed by atoms with van der Waals surface area (Å²) in [5.41, 5.74) is 8.02. The van der Waals surface area contributed by atoms with Crippen molar-refractivity contribution in [3.8, 4) is 0 Å². The molecule has 17 heavy (non-hydrogen) atoms. The second-order valence-corrected chi connectivity index (χ2v) is 4.13. The van der Waals surface area contributed by atoms with Crippen LogP contribution in [0.4, 0.5) is 17.6 Å². The number of nitrogens with zero attached hydrogens (tertiary/aromatic N) is 2. The number of hydrogen-bond donors (Lipinski definition) is 4. The summed E-state index contributed by atoms with van der Waals surface area (Å²) < 4.78 is 5.60. The van der Waals surface area contributed by atoms with Crippen molar-refractivity contribution in [3.63, 3.8) is 0 Å². The zero-order valence-electron chi connectivity index (χ0n) is 9.81. The van der Waals surface area contributed by atoms with Crippen LogP contribution in [0.1, 0.15) is 19.8 Å². The van der Waals surface area contributed by atoms with Gasteiger partial charge in [0.25, 0.3) is 0 Å². The summed E-state index contributed by atoms with van der Waals surface area (Å²) in [6.45, 7) is 2.89. The van der Waals surface area contributed by atoms with Crippen molar-refractivity contribution in [2.75, 3.05) is 23.1 Å². The van der Waals surface area contributed by atoms with E-state index in [-0.39, 0.29) is 18.1 Å². The molecule has 1 aromatic heterocycles. The van der Waals surface area contributed by atoms with E-state index < -0.39 is 0 Å². The first kappa shape index (κ1) is 11.9. The van der Waals surface area contributed by atoms with Gasteiger partial charge in [0.2, 0.25) is 5.95 Å². The van der Waals surface area contributed by atoms with Crippen LogP contribution in [0.15, 0.2) is 6.07 Å². The molecule has 7 heteroatoms. The molecule has 2 heterocycles. The van der Waals surface area contributed by atoms with Crippen molar-refractivity contribution >= 4 is 17.6 Å². The number of nitrogens with two attached hydrogens (primary N) is 2. The van der Waals surface area contributed by atoms with Crippen molar-refractivity contribution in [1.29, 1.82) is 0 Å². The van der Waals surface area contributed by atoms with E-state index in [1.165, 1.54) is 0 Å². The largest absolute Gasteiger partial charge is 0.376 e. The molecule has 0 bridgehead atoms. The first-order valence-corrected chi connectivity index (χ1v) is 5.68. The molecule has 0 radical (unpaired) electrons. The molecular formula is C10H18N6O. The Kier molecular flexibility index (Phi) is 3.60. The normalized spacial score (nSPS) is 21.2. The quantitative estimate of drug-likeness (QED) is 0.441. The molecule has 0 aliphatic carbocycles. The third kappa shape index (κ3) is 2.95. The average Bonchev–Trinajstić information content (AvgIpc) is 2.81. The molecule has 6 N–H and O–H groups in total. The molecule has 1 saturated heterocycles. The number of rotatable bonds is 4. The molecule has 0 saturated carbocycles. The van der Waals surface area contributed by atoms with Crippen LogP contribution in [-0.4, -0.2) is 28.7 Å². The molecule has 2 unspecified atom stereocenters. The van der Waals surface area contributed by atoms with E-state index in [1.54, 1.807) is 6.07 Å². The van der Waals surface area contributed by atoms with Gasteiger partial charge in [0.1, 0.15) is 11.6 Å². The van der Waals surface area contributed by atoms with E-state index in [0.717, 1.165) is 19.4 Å². The fourth-order valence-electron chi connectivity index (χ4n) is 1.94. The smallest absolute Gasteiger partial charge is 0.223 e. The molecular weight excluding hydrogens is 220 g/mol. The third-order valence-corrected chi connectivity index (χ3v) is 2.79.